The Kier molecular flexibility index (Phi) is 8.93. The van der Waals surface area contributed by atoms with Crippen molar-refractivity contribution in [2.24, 2.45) is 11.8 Å². The highest BCUT2D eigenvalue weighted by molar-refractivity contribution is 5.96. The lowest BCUT2D eigenvalue weighted by molar-refractivity contribution is -0.142. The van der Waals surface area contributed by atoms with Gasteiger partial charge in [-0.2, -0.15) is 0 Å². The first-order valence-electron chi connectivity index (χ1n) is 15.5. The van der Waals surface area contributed by atoms with Gasteiger partial charge in [0, 0.05) is 31.2 Å². The van der Waals surface area contributed by atoms with E-state index in [4.69, 9.17) is 9.47 Å². The molecule has 5 atom stereocenters. The SMILES string of the molecule is C[C@H]1[C@@H](C(=O)N2CCOCC2)C[C@@H]2[C@H](C[C@H]1c1ccccc1)N(c1ccc(F)cc1)C(=O)N2CCCOc1ccccc1. The fraction of sp³-hybridized carbons (Fsp3) is 0.429. The van der Waals surface area contributed by atoms with Crippen LogP contribution < -0.4 is 9.64 Å². The fourth-order valence-corrected chi connectivity index (χ4v) is 7.17. The van der Waals surface area contributed by atoms with E-state index in [2.05, 4.69) is 19.1 Å². The van der Waals surface area contributed by atoms with Gasteiger partial charge in [0.05, 0.1) is 31.9 Å². The molecule has 0 spiro atoms. The van der Waals surface area contributed by atoms with Crippen molar-refractivity contribution in [3.8, 4) is 5.75 Å². The average molecular weight is 586 g/mol. The number of nitrogens with zero attached hydrogens (tertiary/aromatic N) is 3. The molecule has 8 heteroatoms. The normalized spacial score (nSPS) is 25.8. The Morgan fingerprint density at radius 1 is 0.907 bits per heavy atom. The molecule has 0 radical (unpaired) electrons. The number of hydrogen-bond donors (Lipinski definition) is 0. The summed E-state index contributed by atoms with van der Waals surface area (Å²) in [4.78, 5) is 34.2. The summed E-state index contributed by atoms with van der Waals surface area (Å²) in [5.41, 5.74) is 1.86. The Bertz CT molecular complexity index is 1370. The Morgan fingerprint density at radius 3 is 2.28 bits per heavy atom. The van der Waals surface area contributed by atoms with Crippen LogP contribution in [0.25, 0.3) is 0 Å². The molecule has 2 heterocycles. The number of benzene rings is 3. The second kappa shape index (κ2) is 13.2. The van der Waals surface area contributed by atoms with Gasteiger partial charge in [0.2, 0.25) is 5.91 Å². The smallest absolute Gasteiger partial charge is 0.325 e. The third kappa shape index (κ3) is 6.25. The van der Waals surface area contributed by atoms with Gasteiger partial charge in [-0.3, -0.25) is 9.69 Å². The molecule has 1 aliphatic carbocycles. The molecule has 7 nitrogen and oxygen atoms in total. The summed E-state index contributed by atoms with van der Waals surface area (Å²) in [5, 5.41) is 0. The second-order valence-electron chi connectivity index (χ2n) is 11.9. The maximum absolute atomic E-state index is 14.2. The molecule has 1 saturated carbocycles. The predicted molar refractivity (Wildman–Crippen MR) is 164 cm³/mol. The molecule has 226 valence electrons. The first kappa shape index (κ1) is 29.2. The van der Waals surface area contributed by atoms with E-state index in [0.717, 1.165) is 5.75 Å². The van der Waals surface area contributed by atoms with E-state index in [1.807, 2.05) is 63.2 Å². The number of carbonyl (C=O) groups excluding carboxylic acids is 2. The maximum atomic E-state index is 14.2. The van der Waals surface area contributed by atoms with Gasteiger partial charge >= 0.3 is 6.03 Å². The van der Waals surface area contributed by atoms with Crippen LogP contribution in [0.1, 0.15) is 37.7 Å². The third-order valence-electron chi connectivity index (χ3n) is 9.42. The van der Waals surface area contributed by atoms with Gasteiger partial charge in [-0.05, 0) is 73.1 Å². The molecule has 0 N–H and O–H groups in total. The molecule has 3 aromatic carbocycles. The Balaban J connectivity index is 1.33. The standard InChI is InChI=1S/C35H40FN3O4/c1-25-30(26-9-4-2-5-10-26)23-33-32(24-31(25)34(40)37-18-21-42-22-19-37)38(17-8-20-43-29-11-6-3-7-12-29)35(41)39(33)28-15-13-27(36)14-16-28/h2-7,9-16,25,30-33H,8,17-24H2,1H3/t25-,30-,31+,32-,33+/m1/s1. The second-order valence-corrected chi connectivity index (χ2v) is 11.9. The van der Waals surface area contributed by atoms with E-state index < -0.39 is 0 Å². The van der Waals surface area contributed by atoms with Gasteiger partial charge in [-0.25, -0.2) is 9.18 Å². The summed E-state index contributed by atoms with van der Waals surface area (Å²) in [6.07, 6.45) is 1.94. The Morgan fingerprint density at radius 2 is 1.58 bits per heavy atom. The Labute approximate surface area is 253 Å². The zero-order valence-electron chi connectivity index (χ0n) is 24.7. The number of morpholine rings is 1. The topological polar surface area (TPSA) is 62.3 Å². The summed E-state index contributed by atoms with van der Waals surface area (Å²) in [6.45, 7) is 5.45. The van der Waals surface area contributed by atoms with Crippen LogP contribution in [0.5, 0.6) is 5.75 Å². The lowest BCUT2D eigenvalue weighted by Crippen LogP contribution is -2.47. The number of carbonyl (C=O) groups is 2. The molecule has 0 bridgehead atoms. The van der Waals surface area contributed by atoms with Gasteiger partial charge in [-0.1, -0.05) is 55.5 Å². The van der Waals surface area contributed by atoms with E-state index in [9.17, 15) is 14.0 Å². The van der Waals surface area contributed by atoms with E-state index >= 15 is 0 Å². The summed E-state index contributed by atoms with van der Waals surface area (Å²) in [7, 11) is 0. The van der Waals surface area contributed by atoms with Crippen molar-refractivity contribution in [3.63, 3.8) is 0 Å². The van der Waals surface area contributed by atoms with Gasteiger partial charge < -0.3 is 19.3 Å². The van der Waals surface area contributed by atoms with Crippen LogP contribution in [0, 0.1) is 17.7 Å². The lowest BCUT2D eigenvalue weighted by atomic mass is 9.77. The van der Waals surface area contributed by atoms with Gasteiger partial charge in [0.15, 0.2) is 0 Å². The van der Waals surface area contributed by atoms with Crippen LogP contribution in [0.2, 0.25) is 0 Å². The number of hydrogen-bond acceptors (Lipinski definition) is 4. The van der Waals surface area contributed by atoms with Gasteiger partial charge in [0.1, 0.15) is 11.6 Å². The molecule has 43 heavy (non-hydrogen) atoms. The van der Waals surface area contributed by atoms with Crippen LogP contribution in [0.3, 0.4) is 0 Å². The molecule has 3 amide bonds. The molecule has 0 unspecified atom stereocenters. The first-order valence-corrected chi connectivity index (χ1v) is 15.5. The van der Waals surface area contributed by atoms with Crippen molar-refractivity contribution in [2.45, 2.75) is 44.2 Å². The maximum Gasteiger partial charge on any atom is 0.325 e. The largest absolute Gasteiger partial charge is 0.494 e. The van der Waals surface area contributed by atoms with Crippen LogP contribution in [-0.4, -0.2) is 73.3 Å². The van der Waals surface area contributed by atoms with Gasteiger partial charge in [0.25, 0.3) is 0 Å². The highest BCUT2D eigenvalue weighted by atomic mass is 19.1. The van der Waals surface area contributed by atoms with Crippen molar-refractivity contribution >= 4 is 17.6 Å². The number of para-hydroxylation sites is 1. The summed E-state index contributed by atoms with van der Waals surface area (Å²) < 4.78 is 25.5. The van der Waals surface area contributed by atoms with Crippen molar-refractivity contribution in [1.29, 1.82) is 0 Å². The number of rotatable bonds is 8. The van der Waals surface area contributed by atoms with Crippen LogP contribution in [0.4, 0.5) is 14.9 Å². The number of urea groups is 1. The van der Waals surface area contributed by atoms with E-state index in [1.165, 1.54) is 17.7 Å². The number of ether oxygens (including phenoxy) is 2. The van der Waals surface area contributed by atoms with Crippen molar-refractivity contribution in [1.82, 2.24) is 9.80 Å². The highest BCUT2D eigenvalue weighted by Gasteiger charge is 2.52. The summed E-state index contributed by atoms with van der Waals surface area (Å²) >= 11 is 0. The molecular formula is C35H40FN3O4. The minimum atomic E-state index is -0.338. The molecular weight excluding hydrogens is 545 g/mol. The quantitative estimate of drug-likeness (QED) is 0.306. The average Bonchev–Trinajstić information content (AvgIpc) is 3.21. The lowest BCUT2D eigenvalue weighted by Gasteiger charge is -2.35. The van der Waals surface area contributed by atoms with Crippen molar-refractivity contribution in [2.75, 3.05) is 44.4 Å². The highest BCUT2D eigenvalue weighted by Crippen LogP contribution is 2.46. The molecule has 2 saturated heterocycles. The number of fused-ring (bicyclic) bond motifs is 1. The number of amides is 3. The van der Waals surface area contributed by atoms with Crippen LogP contribution in [-0.2, 0) is 9.53 Å². The molecule has 2 aliphatic heterocycles. The first-order chi connectivity index (χ1) is 21.0. The zero-order chi connectivity index (χ0) is 29.8. The van der Waals surface area contributed by atoms with E-state index in [0.29, 0.717) is 64.4 Å². The number of halogens is 1. The monoisotopic (exact) mass is 585 g/mol. The summed E-state index contributed by atoms with van der Waals surface area (Å²) in [5.74, 6) is 0.501. The van der Waals surface area contributed by atoms with Gasteiger partial charge in [-0.15, -0.1) is 0 Å². The molecule has 6 rings (SSSR count). The third-order valence-corrected chi connectivity index (χ3v) is 9.42. The van der Waals surface area contributed by atoms with E-state index in [1.54, 1.807) is 12.1 Å². The molecule has 3 aromatic rings. The molecule has 0 aromatic heterocycles. The summed E-state index contributed by atoms with van der Waals surface area (Å²) in [6, 6.07) is 25.8. The Hall–Kier alpha value is -3.91. The predicted octanol–water partition coefficient (Wildman–Crippen LogP) is 5.96. The molecule has 3 aliphatic rings. The van der Waals surface area contributed by atoms with E-state index in [-0.39, 0.29) is 47.6 Å². The number of anilines is 1. The van der Waals surface area contributed by atoms with Crippen molar-refractivity contribution in [3.05, 3.63) is 96.3 Å². The van der Waals surface area contributed by atoms with Crippen molar-refractivity contribution < 1.29 is 23.5 Å². The molecule has 3 fully saturated rings. The van der Waals surface area contributed by atoms with Crippen LogP contribution >= 0.6 is 0 Å². The zero-order valence-corrected chi connectivity index (χ0v) is 24.7. The van der Waals surface area contributed by atoms with Crippen LogP contribution in [0.15, 0.2) is 84.9 Å². The minimum absolute atomic E-state index is 0.0665. The fourth-order valence-electron chi connectivity index (χ4n) is 7.17. The minimum Gasteiger partial charge on any atom is -0.494 e.